The van der Waals surface area contributed by atoms with Gasteiger partial charge in [-0.25, -0.2) is 0 Å². The average Bonchev–Trinajstić information content (AvgIpc) is 2.85. The molecule has 0 radical (unpaired) electrons. The Hall–Kier alpha value is -0.100. The Bertz CT molecular complexity index is 383. The Kier molecular flexibility index (Phi) is 5.48. The molecule has 2 rings (SSSR count). The highest BCUT2D eigenvalue weighted by Crippen LogP contribution is 2.34. The molecule has 1 aromatic rings. The van der Waals surface area contributed by atoms with Gasteiger partial charge in [-0.1, -0.05) is 0 Å². The fraction of sp³-hybridized carbons (Fsp3) is 0.538. The number of hydrogen-bond acceptors (Lipinski definition) is 3. The van der Waals surface area contributed by atoms with Gasteiger partial charge in [0.25, 0.3) is 0 Å². The van der Waals surface area contributed by atoms with Gasteiger partial charge in [0.05, 0.1) is 8.95 Å². The number of nitrogens with zero attached hydrogens (tertiary/aromatic N) is 1. The molecule has 1 heterocycles. The van der Waals surface area contributed by atoms with Crippen LogP contribution in [0, 0.1) is 0 Å². The van der Waals surface area contributed by atoms with Crippen LogP contribution < -0.4 is 10.5 Å². The maximum atomic E-state index is 5.85. The summed E-state index contributed by atoms with van der Waals surface area (Å²) in [5, 5.41) is 0. The molecule has 0 saturated carbocycles. The molecule has 0 atom stereocenters. The first-order valence-corrected chi connectivity index (χ1v) is 7.82. The molecule has 100 valence electrons. The summed E-state index contributed by atoms with van der Waals surface area (Å²) in [5.41, 5.74) is 6.72. The third kappa shape index (κ3) is 3.70. The number of nitrogens with two attached hydrogens (primary N) is 1. The number of ether oxygens (including phenoxy) is 1. The van der Waals surface area contributed by atoms with Crippen molar-refractivity contribution >= 4 is 31.9 Å². The Morgan fingerprint density at radius 3 is 2.33 bits per heavy atom. The van der Waals surface area contributed by atoms with Crippen molar-refractivity contribution in [2.75, 3.05) is 26.2 Å². The zero-order chi connectivity index (χ0) is 13.0. The van der Waals surface area contributed by atoms with E-state index in [9.17, 15) is 0 Å². The molecule has 1 aromatic carbocycles. The topological polar surface area (TPSA) is 38.5 Å². The number of benzene rings is 1. The zero-order valence-electron chi connectivity index (χ0n) is 10.3. The Morgan fingerprint density at radius 1 is 1.17 bits per heavy atom. The van der Waals surface area contributed by atoms with E-state index in [4.69, 9.17) is 10.5 Å². The van der Waals surface area contributed by atoms with Gasteiger partial charge in [0, 0.05) is 13.1 Å². The highest BCUT2D eigenvalue weighted by Gasteiger charge is 2.12. The number of likely N-dealkylation sites (tertiary alicyclic amines) is 1. The van der Waals surface area contributed by atoms with Crippen LogP contribution in [-0.4, -0.2) is 31.1 Å². The van der Waals surface area contributed by atoms with Crippen molar-refractivity contribution in [3.05, 3.63) is 26.6 Å². The SMILES string of the molecule is NCc1cc(Br)c(OCCN2CCCC2)c(Br)c1. The number of rotatable bonds is 5. The first-order valence-electron chi connectivity index (χ1n) is 6.24. The van der Waals surface area contributed by atoms with Gasteiger partial charge in [0.15, 0.2) is 0 Å². The van der Waals surface area contributed by atoms with Gasteiger partial charge in [0.1, 0.15) is 12.4 Å². The van der Waals surface area contributed by atoms with Crippen LogP contribution in [0.2, 0.25) is 0 Å². The molecule has 0 amide bonds. The fourth-order valence-corrected chi connectivity index (χ4v) is 3.66. The molecule has 2 N–H and O–H groups in total. The Morgan fingerprint density at radius 2 is 1.78 bits per heavy atom. The first-order chi connectivity index (χ1) is 8.70. The molecular weight excluding hydrogens is 360 g/mol. The summed E-state index contributed by atoms with van der Waals surface area (Å²) in [6.07, 6.45) is 2.64. The first kappa shape index (κ1) is 14.3. The third-order valence-electron chi connectivity index (χ3n) is 3.15. The van der Waals surface area contributed by atoms with E-state index >= 15 is 0 Å². The largest absolute Gasteiger partial charge is 0.490 e. The highest BCUT2D eigenvalue weighted by atomic mass is 79.9. The van der Waals surface area contributed by atoms with Crippen molar-refractivity contribution < 1.29 is 4.74 Å². The van der Waals surface area contributed by atoms with E-state index in [2.05, 4.69) is 36.8 Å². The Labute approximate surface area is 125 Å². The normalized spacial score (nSPS) is 16.2. The lowest BCUT2D eigenvalue weighted by atomic mass is 10.2. The maximum absolute atomic E-state index is 5.85. The molecule has 0 spiro atoms. The van der Waals surface area contributed by atoms with E-state index in [1.54, 1.807) is 0 Å². The second kappa shape index (κ2) is 6.89. The van der Waals surface area contributed by atoms with E-state index in [1.165, 1.54) is 25.9 Å². The van der Waals surface area contributed by atoms with Crippen molar-refractivity contribution in [1.29, 1.82) is 0 Å². The molecule has 3 nitrogen and oxygen atoms in total. The summed E-state index contributed by atoms with van der Waals surface area (Å²) in [7, 11) is 0. The molecule has 1 aliphatic rings. The summed E-state index contributed by atoms with van der Waals surface area (Å²) >= 11 is 7.06. The molecule has 18 heavy (non-hydrogen) atoms. The lowest BCUT2D eigenvalue weighted by Crippen LogP contribution is -2.25. The number of halogens is 2. The van der Waals surface area contributed by atoms with E-state index < -0.39 is 0 Å². The molecule has 0 aromatic heterocycles. The van der Waals surface area contributed by atoms with Crippen LogP contribution in [0.1, 0.15) is 18.4 Å². The van der Waals surface area contributed by atoms with Crippen LogP contribution in [0.5, 0.6) is 5.75 Å². The van der Waals surface area contributed by atoms with Crippen LogP contribution >= 0.6 is 31.9 Å². The smallest absolute Gasteiger partial charge is 0.147 e. The standard InChI is InChI=1S/C13H18Br2N2O/c14-11-7-10(9-16)8-12(15)13(11)18-6-5-17-3-1-2-4-17/h7-8H,1-6,9,16H2. The maximum Gasteiger partial charge on any atom is 0.147 e. The monoisotopic (exact) mass is 376 g/mol. The minimum atomic E-state index is 0.533. The predicted octanol–water partition coefficient (Wildman–Crippen LogP) is 3.14. The van der Waals surface area contributed by atoms with Crippen molar-refractivity contribution in [2.45, 2.75) is 19.4 Å². The van der Waals surface area contributed by atoms with Crippen molar-refractivity contribution in [3.8, 4) is 5.75 Å². The van der Waals surface area contributed by atoms with Crippen LogP contribution in [0.25, 0.3) is 0 Å². The highest BCUT2D eigenvalue weighted by molar-refractivity contribution is 9.11. The Balaban J connectivity index is 1.92. The lowest BCUT2D eigenvalue weighted by molar-refractivity contribution is 0.236. The molecule has 1 saturated heterocycles. The lowest BCUT2D eigenvalue weighted by Gasteiger charge is -2.16. The molecule has 0 unspecified atom stereocenters. The molecular formula is C13H18Br2N2O. The van der Waals surface area contributed by atoms with Gasteiger partial charge in [-0.15, -0.1) is 0 Å². The summed E-state index contributed by atoms with van der Waals surface area (Å²) in [4.78, 5) is 2.44. The molecule has 1 fully saturated rings. The van der Waals surface area contributed by atoms with Crippen LogP contribution in [0.3, 0.4) is 0 Å². The number of hydrogen-bond donors (Lipinski definition) is 1. The van der Waals surface area contributed by atoms with E-state index in [1.807, 2.05) is 12.1 Å². The summed E-state index contributed by atoms with van der Waals surface area (Å²) in [5.74, 6) is 0.867. The summed E-state index contributed by atoms with van der Waals surface area (Å²) in [6, 6.07) is 4.02. The quantitative estimate of drug-likeness (QED) is 0.856. The van der Waals surface area contributed by atoms with Gasteiger partial charge in [-0.05, 0) is 75.5 Å². The van der Waals surface area contributed by atoms with Gasteiger partial charge in [0.2, 0.25) is 0 Å². The van der Waals surface area contributed by atoms with Gasteiger partial charge in [-0.3, -0.25) is 4.90 Å². The molecule has 0 aliphatic carbocycles. The van der Waals surface area contributed by atoms with Gasteiger partial charge in [-0.2, -0.15) is 0 Å². The third-order valence-corrected chi connectivity index (χ3v) is 4.32. The summed E-state index contributed by atoms with van der Waals surface area (Å²) in [6.45, 7) is 4.66. The van der Waals surface area contributed by atoms with E-state index in [-0.39, 0.29) is 0 Å². The van der Waals surface area contributed by atoms with Crippen LogP contribution in [-0.2, 0) is 6.54 Å². The van der Waals surface area contributed by atoms with Crippen LogP contribution in [0.15, 0.2) is 21.1 Å². The van der Waals surface area contributed by atoms with Crippen molar-refractivity contribution in [3.63, 3.8) is 0 Å². The minimum Gasteiger partial charge on any atom is -0.490 e. The van der Waals surface area contributed by atoms with Crippen LogP contribution in [0.4, 0.5) is 0 Å². The van der Waals surface area contributed by atoms with Gasteiger partial charge < -0.3 is 10.5 Å². The summed E-state index contributed by atoms with van der Waals surface area (Å²) < 4.78 is 7.77. The van der Waals surface area contributed by atoms with Crippen molar-refractivity contribution in [1.82, 2.24) is 4.90 Å². The van der Waals surface area contributed by atoms with E-state index in [0.29, 0.717) is 6.54 Å². The fourth-order valence-electron chi connectivity index (χ4n) is 2.15. The second-order valence-electron chi connectivity index (χ2n) is 4.49. The minimum absolute atomic E-state index is 0.533. The van der Waals surface area contributed by atoms with Crippen molar-refractivity contribution in [2.24, 2.45) is 5.73 Å². The predicted molar refractivity (Wildman–Crippen MR) is 80.9 cm³/mol. The molecule has 5 heteroatoms. The molecule has 0 bridgehead atoms. The van der Waals surface area contributed by atoms with E-state index in [0.717, 1.165) is 33.4 Å². The average molecular weight is 378 g/mol. The van der Waals surface area contributed by atoms with Gasteiger partial charge >= 0.3 is 0 Å². The zero-order valence-corrected chi connectivity index (χ0v) is 13.5. The molecule has 1 aliphatic heterocycles. The second-order valence-corrected chi connectivity index (χ2v) is 6.20.